The van der Waals surface area contributed by atoms with E-state index in [0.717, 1.165) is 0 Å². The zero-order chi connectivity index (χ0) is 34.4. The van der Waals surface area contributed by atoms with E-state index in [-0.39, 0.29) is 0 Å². The molecule has 5 fully saturated rings. The van der Waals surface area contributed by atoms with Crippen molar-refractivity contribution in [1.82, 2.24) is 0 Å². The third-order valence-electron chi connectivity index (χ3n) is 11.4. The maximum atomic E-state index is 2.20. The highest BCUT2D eigenvalue weighted by Gasteiger charge is 2.43. The van der Waals surface area contributed by atoms with Gasteiger partial charge in [0.1, 0.15) is 0 Å². The van der Waals surface area contributed by atoms with E-state index >= 15 is 0 Å². The molecule has 0 aromatic carbocycles. The molecule has 0 bridgehead atoms. The van der Waals surface area contributed by atoms with Crippen LogP contribution in [0.4, 0.5) is 0 Å². The molecule has 1 saturated heterocycles. The Hall–Kier alpha value is 1.13. The maximum Gasteiger partial charge on any atom is 0.188 e. The number of hydrogen-bond acceptors (Lipinski definition) is 2. The maximum absolute atomic E-state index is 2.20. The largest absolute Gasteiger partial charge is 0.188 e. The highest BCUT2D eigenvalue weighted by atomic mass is 32.9. The lowest BCUT2D eigenvalue weighted by molar-refractivity contribution is 0.973. The van der Waals surface area contributed by atoms with Crippen molar-refractivity contribution in [2.75, 3.05) is 0 Å². The summed E-state index contributed by atoms with van der Waals surface area (Å²) in [5.74, 6) is 29.4. The lowest BCUT2D eigenvalue weighted by Crippen LogP contribution is -2.00. The van der Waals surface area contributed by atoms with Gasteiger partial charge in [0.15, 0.2) is 15.6 Å². The number of hydrogen-bond donors (Lipinski definition) is 0. The van der Waals surface area contributed by atoms with Crippen LogP contribution in [-0.2, 0) is 0 Å². The van der Waals surface area contributed by atoms with Gasteiger partial charge in [-0.3, -0.25) is 0 Å². The summed E-state index contributed by atoms with van der Waals surface area (Å²) in [6, 6.07) is 0. The van der Waals surface area contributed by atoms with Crippen molar-refractivity contribution in [1.29, 1.82) is 0 Å². The fourth-order valence-electron chi connectivity index (χ4n) is 5.67. The summed E-state index contributed by atoms with van der Waals surface area (Å²) in [5.41, 5.74) is 0. The van der Waals surface area contributed by atoms with Crippen LogP contribution in [0.5, 0.6) is 0 Å². The molecule has 4 aliphatic carbocycles. The fraction of sp³-hybridized carbons (Fsp3) is 0.500. The molecule has 1 aliphatic heterocycles. The Balaban J connectivity index is 0.000000281. The lowest BCUT2D eigenvalue weighted by Gasteiger charge is -2.12. The van der Waals surface area contributed by atoms with Crippen molar-refractivity contribution in [2.45, 2.75) is 138 Å². The zero-order valence-corrected chi connectivity index (χ0v) is 35.4. The molecular formula is C40H60S2Si2. The SMILES string of the molecule is C[C]1[C](C)[C](C)[C](C)[C]1C.C[C]1[C](C)[C](C)[C](C)[C]1C.C[C]1[C](C)[C](C)[C](C)[C]1C.C[C]1[C](C)[C](C)[C](C)[C]1C.[Si]1S[Si]S1. The Bertz CT molecular complexity index is 484. The molecule has 24 radical (unpaired) electrons. The molecule has 0 aromatic rings. The van der Waals surface area contributed by atoms with Crippen LogP contribution in [0.15, 0.2) is 0 Å². The van der Waals surface area contributed by atoms with Gasteiger partial charge < -0.3 is 0 Å². The second-order valence-corrected chi connectivity index (χ2v) is 22.5. The quantitative estimate of drug-likeness (QED) is 0.237. The van der Waals surface area contributed by atoms with Gasteiger partial charge >= 0.3 is 0 Å². The van der Waals surface area contributed by atoms with Crippen LogP contribution in [0, 0.1) is 118 Å². The predicted octanol–water partition coefficient (Wildman–Crippen LogP) is 12.4. The topological polar surface area (TPSA) is 0 Å². The zero-order valence-electron chi connectivity index (χ0n) is 31.8. The molecule has 0 amide bonds. The fourth-order valence-corrected chi connectivity index (χ4v) is 9.00. The van der Waals surface area contributed by atoms with Crippen molar-refractivity contribution in [2.24, 2.45) is 0 Å². The van der Waals surface area contributed by atoms with Crippen molar-refractivity contribution in [3.63, 3.8) is 0 Å². The van der Waals surface area contributed by atoms with Crippen molar-refractivity contribution < 1.29 is 0 Å². The van der Waals surface area contributed by atoms with E-state index in [9.17, 15) is 0 Å². The summed E-state index contributed by atoms with van der Waals surface area (Å²) in [4.78, 5) is 0. The molecule has 0 aromatic heterocycles. The first kappa shape index (κ1) is 43.2. The van der Waals surface area contributed by atoms with Gasteiger partial charge in [0.05, 0.1) is 0 Å². The summed E-state index contributed by atoms with van der Waals surface area (Å²) < 4.78 is 0. The minimum Gasteiger partial charge on any atom is -0.188 e. The van der Waals surface area contributed by atoms with E-state index in [1.165, 1.54) is 134 Å². The van der Waals surface area contributed by atoms with E-state index in [1.807, 2.05) is 0 Å². The first-order chi connectivity index (χ1) is 20.2. The van der Waals surface area contributed by atoms with Gasteiger partial charge in [-0.05, 0) is 118 Å². The van der Waals surface area contributed by atoms with Crippen LogP contribution in [0.1, 0.15) is 138 Å². The third-order valence-corrected chi connectivity index (χ3v) is 24.8. The van der Waals surface area contributed by atoms with E-state index in [1.54, 1.807) is 0 Å². The van der Waals surface area contributed by atoms with E-state index in [4.69, 9.17) is 0 Å². The lowest BCUT2D eigenvalue weighted by atomic mass is 9.92. The first-order valence-corrected chi connectivity index (χ1v) is 22.3. The van der Waals surface area contributed by atoms with Gasteiger partial charge in [-0.25, -0.2) is 0 Å². The second kappa shape index (κ2) is 19.4. The molecule has 0 unspecified atom stereocenters. The van der Waals surface area contributed by atoms with Crippen molar-refractivity contribution >= 4 is 37.0 Å². The van der Waals surface area contributed by atoms with Gasteiger partial charge in [0.2, 0.25) is 0 Å². The molecule has 4 heteroatoms. The molecule has 44 heavy (non-hydrogen) atoms. The van der Waals surface area contributed by atoms with Gasteiger partial charge in [0.25, 0.3) is 0 Å². The second-order valence-electron chi connectivity index (χ2n) is 12.9. The Morgan fingerprint density at radius 1 is 0.182 bits per heavy atom. The summed E-state index contributed by atoms with van der Waals surface area (Å²) in [6.45, 7) is 44.0. The highest BCUT2D eigenvalue weighted by molar-refractivity contribution is 8.87. The first-order valence-electron chi connectivity index (χ1n) is 15.8. The normalized spacial score (nSPS) is 28.1. The molecule has 0 N–H and O–H groups in total. The average molecular weight is 661 g/mol. The van der Waals surface area contributed by atoms with Gasteiger partial charge in [-0.2, -0.15) is 21.3 Å². The molecule has 5 rings (SSSR count). The summed E-state index contributed by atoms with van der Waals surface area (Å²) in [7, 11) is 6.44. The molecule has 1 heterocycles. The van der Waals surface area contributed by atoms with Crippen LogP contribution in [0.2, 0.25) is 0 Å². The Morgan fingerprint density at radius 2 is 0.227 bits per heavy atom. The standard InChI is InChI=1S/4C10H15.S2Si2/c4*1-6-7(2)9(4)10(5)8(6)3;1-3-2-4-1/h4*1-5H3;. The van der Waals surface area contributed by atoms with Crippen LogP contribution in [-0.4, -0.2) is 15.6 Å². The summed E-state index contributed by atoms with van der Waals surface area (Å²) in [5, 5.41) is 0. The molecular weight excluding hydrogens is 601 g/mol. The van der Waals surface area contributed by atoms with Crippen LogP contribution < -0.4 is 0 Å². The van der Waals surface area contributed by atoms with Crippen LogP contribution >= 0.6 is 21.3 Å². The van der Waals surface area contributed by atoms with Gasteiger partial charge in [-0.1, -0.05) is 138 Å². The Morgan fingerprint density at radius 3 is 0.250 bits per heavy atom. The van der Waals surface area contributed by atoms with E-state index < -0.39 is 0 Å². The Kier molecular flexibility index (Phi) is 19.0. The van der Waals surface area contributed by atoms with Gasteiger partial charge in [-0.15, -0.1) is 0 Å². The molecule has 5 aliphatic rings. The smallest absolute Gasteiger partial charge is 0.188 e. The van der Waals surface area contributed by atoms with Crippen molar-refractivity contribution in [3.05, 3.63) is 118 Å². The number of rotatable bonds is 0. The monoisotopic (exact) mass is 660 g/mol. The van der Waals surface area contributed by atoms with E-state index in [0.29, 0.717) is 0 Å². The molecule has 0 spiro atoms. The molecule has 0 nitrogen and oxygen atoms in total. The minimum absolute atomic E-state index is 1.17. The van der Waals surface area contributed by atoms with Crippen molar-refractivity contribution in [3.8, 4) is 0 Å². The highest BCUT2D eigenvalue weighted by Crippen LogP contribution is 2.54. The third kappa shape index (κ3) is 10.6. The molecule has 4 saturated carbocycles. The van der Waals surface area contributed by atoms with Crippen LogP contribution in [0.25, 0.3) is 0 Å². The van der Waals surface area contributed by atoms with Gasteiger partial charge in [0, 0.05) is 0 Å². The molecule has 0 atom stereocenters. The summed E-state index contributed by atoms with van der Waals surface area (Å²) >= 11 is 0. The molecule has 240 valence electrons. The average Bonchev–Trinajstić information content (AvgIpc) is 3.41. The van der Waals surface area contributed by atoms with E-state index in [2.05, 4.69) is 160 Å². The Labute approximate surface area is 292 Å². The summed E-state index contributed by atoms with van der Waals surface area (Å²) in [6.07, 6.45) is 0. The predicted molar refractivity (Wildman–Crippen MR) is 205 cm³/mol. The van der Waals surface area contributed by atoms with Crippen LogP contribution in [0.3, 0.4) is 0 Å². The minimum atomic E-state index is 1.17.